The molecule has 0 aliphatic carbocycles. The summed E-state index contributed by atoms with van der Waals surface area (Å²) in [6.45, 7) is 5.02. The molecule has 0 spiro atoms. The van der Waals surface area contributed by atoms with Crippen LogP contribution in [0, 0.1) is 5.92 Å². The molecule has 1 fully saturated rings. The first-order valence-electron chi connectivity index (χ1n) is 7.31. The van der Waals surface area contributed by atoms with Gasteiger partial charge in [0.2, 0.25) is 0 Å². The van der Waals surface area contributed by atoms with Gasteiger partial charge in [0, 0.05) is 11.3 Å². The summed E-state index contributed by atoms with van der Waals surface area (Å²) >= 11 is 0. The van der Waals surface area contributed by atoms with Crippen LogP contribution in [0.2, 0.25) is 0 Å². The van der Waals surface area contributed by atoms with E-state index < -0.39 is 0 Å². The molecule has 1 unspecified atom stereocenters. The number of piperidine rings is 1. The predicted molar refractivity (Wildman–Crippen MR) is 79.0 cm³/mol. The quantitative estimate of drug-likeness (QED) is 0.766. The van der Waals surface area contributed by atoms with E-state index in [1.165, 1.54) is 17.7 Å². The van der Waals surface area contributed by atoms with Crippen molar-refractivity contribution >= 4 is 10.9 Å². The zero-order valence-corrected chi connectivity index (χ0v) is 11.8. The summed E-state index contributed by atoms with van der Waals surface area (Å²) in [6, 6.07) is 7.39. The second-order valence-electron chi connectivity index (χ2n) is 5.96. The molecule has 2 aromatic rings. The molecule has 1 aliphatic heterocycles. The predicted octanol–water partition coefficient (Wildman–Crippen LogP) is 1.05. The molecule has 1 aromatic heterocycles. The monoisotopic (exact) mass is 273 g/mol. The van der Waals surface area contributed by atoms with E-state index in [9.17, 15) is 9.90 Å². The van der Waals surface area contributed by atoms with Gasteiger partial charge in [-0.15, -0.1) is 0 Å². The maximum atomic E-state index is 12.2. The zero-order chi connectivity index (χ0) is 14.1. The van der Waals surface area contributed by atoms with Gasteiger partial charge in [-0.3, -0.25) is 4.79 Å². The fraction of sp³-hybridized carbons (Fsp3) is 0.438. The van der Waals surface area contributed by atoms with Crippen LogP contribution >= 0.6 is 0 Å². The molecule has 1 saturated heterocycles. The molecule has 2 heterocycles. The lowest BCUT2D eigenvalue weighted by atomic mass is 9.99. The van der Waals surface area contributed by atoms with E-state index in [1.54, 1.807) is 0 Å². The van der Waals surface area contributed by atoms with E-state index in [1.807, 2.05) is 24.3 Å². The van der Waals surface area contributed by atoms with E-state index in [2.05, 4.69) is 11.9 Å². The Labute approximate surface area is 118 Å². The molecular formula is C16H21N2O2+. The highest BCUT2D eigenvalue weighted by Crippen LogP contribution is 2.23. The highest BCUT2D eigenvalue weighted by Gasteiger charge is 2.23. The highest BCUT2D eigenvalue weighted by atomic mass is 16.3. The number of aromatic nitrogens is 1. The van der Waals surface area contributed by atoms with E-state index in [4.69, 9.17) is 0 Å². The van der Waals surface area contributed by atoms with Crippen LogP contribution in [0.15, 0.2) is 29.1 Å². The second kappa shape index (κ2) is 5.29. The van der Waals surface area contributed by atoms with Gasteiger partial charge in [0.15, 0.2) is 0 Å². The summed E-state index contributed by atoms with van der Waals surface area (Å²) < 4.78 is 0. The summed E-state index contributed by atoms with van der Waals surface area (Å²) in [4.78, 5) is 16.4. The van der Waals surface area contributed by atoms with Gasteiger partial charge >= 0.3 is 0 Å². The number of nitrogens with one attached hydrogen (secondary N) is 2. The first kappa shape index (κ1) is 13.2. The standard InChI is InChI=1S/C16H20N2O2/c1-11-5-4-8-18(9-11)10-13-15(19)12-6-2-3-7-14(12)17-16(13)20/h2-3,6-7,11H,4-5,8-10H2,1H3,(H2,17,19,20)/p+1/t11-/m0/s1. The van der Waals surface area contributed by atoms with Crippen molar-refractivity contribution in [2.24, 2.45) is 5.92 Å². The molecule has 4 heteroatoms. The van der Waals surface area contributed by atoms with Gasteiger partial charge < -0.3 is 15.0 Å². The Morgan fingerprint density at radius 1 is 1.40 bits per heavy atom. The van der Waals surface area contributed by atoms with Gasteiger partial charge in [-0.2, -0.15) is 0 Å². The molecule has 4 nitrogen and oxygen atoms in total. The molecule has 3 rings (SSSR count). The van der Waals surface area contributed by atoms with E-state index in [0.717, 1.165) is 18.5 Å². The van der Waals surface area contributed by atoms with Crippen molar-refractivity contribution in [1.29, 1.82) is 0 Å². The Balaban J connectivity index is 1.97. The summed E-state index contributed by atoms with van der Waals surface area (Å²) in [5, 5.41) is 11.1. The number of benzene rings is 1. The smallest absolute Gasteiger partial charge is 0.261 e. The number of hydrogen-bond donors (Lipinski definition) is 3. The number of quaternary nitrogens is 1. The number of aromatic amines is 1. The van der Waals surface area contributed by atoms with Crippen molar-refractivity contribution < 1.29 is 10.0 Å². The molecular weight excluding hydrogens is 252 g/mol. The Hall–Kier alpha value is -1.81. The number of pyridine rings is 1. The van der Waals surface area contributed by atoms with Crippen LogP contribution in [-0.4, -0.2) is 23.2 Å². The number of aromatic hydroxyl groups is 1. The SMILES string of the molecule is C[C@H]1CCC[NH+](Cc2c(O)c3ccccc3[nH]c2=O)C1. The molecule has 0 amide bonds. The molecule has 0 radical (unpaired) electrons. The highest BCUT2D eigenvalue weighted by molar-refractivity contribution is 5.85. The molecule has 3 N–H and O–H groups in total. The van der Waals surface area contributed by atoms with Crippen molar-refractivity contribution in [2.45, 2.75) is 26.3 Å². The molecule has 106 valence electrons. The molecule has 2 atom stereocenters. The van der Waals surface area contributed by atoms with Gasteiger partial charge in [-0.1, -0.05) is 19.1 Å². The summed E-state index contributed by atoms with van der Waals surface area (Å²) in [5.74, 6) is 0.843. The summed E-state index contributed by atoms with van der Waals surface area (Å²) in [7, 11) is 0. The Morgan fingerprint density at radius 2 is 2.20 bits per heavy atom. The first-order valence-corrected chi connectivity index (χ1v) is 7.31. The Morgan fingerprint density at radius 3 is 3.00 bits per heavy atom. The third-order valence-corrected chi connectivity index (χ3v) is 4.28. The Bertz CT molecular complexity index is 678. The normalized spacial score (nSPS) is 23.1. The van der Waals surface area contributed by atoms with Crippen LogP contribution in [0.3, 0.4) is 0 Å². The maximum absolute atomic E-state index is 12.2. The number of fused-ring (bicyclic) bond motifs is 1. The van der Waals surface area contributed by atoms with E-state index in [0.29, 0.717) is 23.5 Å². The van der Waals surface area contributed by atoms with Gasteiger partial charge in [-0.25, -0.2) is 0 Å². The van der Waals surface area contributed by atoms with Crippen LogP contribution in [0.25, 0.3) is 10.9 Å². The van der Waals surface area contributed by atoms with Crippen LogP contribution in [0.5, 0.6) is 5.75 Å². The maximum Gasteiger partial charge on any atom is 0.261 e. The minimum atomic E-state index is -0.160. The first-order chi connectivity index (χ1) is 9.65. The van der Waals surface area contributed by atoms with Crippen LogP contribution in [0.1, 0.15) is 25.3 Å². The number of likely N-dealkylation sites (tertiary alicyclic amines) is 1. The van der Waals surface area contributed by atoms with Crippen LogP contribution in [-0.2, 0) is 6.54 Å². The van der Waals surface area contributed by atoms with Gasteiger partial charge in [0.25, 0.3) is 5.56 Å². The minimum absolute atomic E-state index is 0.148. The average Bonchev–Trinajstić information content (AvgIpc) is 2.43. The summed E-state index contributed by atoms with van der Waals surface area (Å²) in [6.07, 6.45) is 2.46. The molecule has 20 heavy (non-hydrogen) atoms. The van der Waals surface area contributed by atoms with Crippen LogP contribution < -0.4 is 10.5 Å². The minimum Gasteiger partial charge on any atom is -0.507 e. The van der Waals surface area contributed by atoms with Crippen molar-refractivity contribution in [2.75, 3.05) is 13.1 Å². The fourth-order valence-corrected chi connectivity index (χ4v) is 3.24. The largest absolute Gasteiger partial charge is 0.507 e. The lowest BCUT2D eigenvalue weighted by Crippen LogP contribution is -3.12. The van der Waals surface area contributed by atoms with Gasteiger partial charge in [0.05, 0.1) is 18.6 Å². The molecule has 1 aromatic carbocycles. The van der Waals surface area contributed by atoms with Crippen molar-refractivity contribution in [3.8, 4) is 5.75 Å². The Kier molecular flexibility index (Phi) is 3.49. The van der Waals surface area contributed by atoms with Crippen molar-refractivity contribution in [3.05, 3.63) is 40.2 Å². The number of H-pyrrole nitrogens is 1. The zero-order valence-electron chi connectivity index (χ0n) is 11.8. The summed E-state index contributed by atoms with van der Waals surface area (Å²) in [5.41, 5.74) is 1.06. The molecule has 0 saturated carbocycles. The lowest BCUT2D eigenvalue weighted by Gasteiger charge is -2.27. The average molecular weight is 273 g/mol. The third kappa shape index (κ3) is 2.43. The lowest BCUT2D eigenvalue weighted by molar-refractivity contribution is -0.922. The number of hydrogen-bond acceptors (Lipinski definition) is 2. The molecule has 1 aliphatic rings. The van der Waals surface area contributed by atoms with Crippen LogP contribution in [0.4, 0.5) is 0 Å². The topological polar surface area (TPSA) is 57.5 Å². The number of rotatable bonds is 2. The van der Waals surface area contributed by atoms with Crippen molar-refractivity contribution in [1.82, 2.24) is 4.98 Å². The van der Waals surface area contributed by atoms with Gasteiger partial charge in [-0.05, 0) is 25.0 Å². The van der Waals surface area contributed by atoms with E-state index >= 15 is 0 Å². The second-order valence-corrected chi connectivity index (χ2v) is 5.96. The van der Waals surface area contributed by atoms with Crippen molar-refractivity contribution in [3.63, 3.8) is 0 Å². The molecule has 0 bridgehead atoms. The van der Waals surface area contributed by atoms with Gasteiger partial charge in [0.1, 0.15) is 17.9 Å². The fourth-order valence-electron chi connectivity index (χ4n) is 3.24. The third-order valence-electron chi connectivity index (χ3n) is 4.28. The van der Waals surface area contributed by atoms with E-state index in [-0.39, 0.29) is 11.3 Å². The number of para-hydroxylation sites is 1.